The molecule has 0 aliphatic heterocycles. The van der Waals surface area contributed by atoms with E-state index in [0.29, 0.717) is 34.6 Å². The second-order valence-electron chi connectivity index (χ2n) is 7.19. The van der Waals surface area contributed by atoms with Crippen LogP contribution in [0.15, 0.2) is 65.8 Å². The number of carbonyl (C=O) groups is 1. The number of ether oxygens (including phenoxy) is 2. The van der Waals surface area contributed by atoms with E-state index in [1.165, 1.54) is 27.8 Å². The highest BCUT2D eigenvalue weighted by Crippen LogP contribution is 2.16. The van der Waals surface area contributed by atoms with Gasteiger partial charge in [0.05, 0.1) is 26.4 Å². The van der Waals surface area contributed by atoms with Gasteiger partial charge in [-0.2, -0.15) is 5.10 Å². The van der Waals surface area contributed by atoms with Gasteiger partial charge >= 0.3 is 0 Å². The molecular weight excluding hydrogens is 429 g/mol. The van der Waals surface area contributed by atoms with Crippen molar-refractivity contribution in [2.24, 2.45) is 0 Å². The molecule has 10 heteroatoms. The van der Waals surface area contributed by atoms with Crippen molar-refractivity contribution in [3.63, 3.8) is 0 Å². The van der Waals surface area contributed by atoms with Gasteiger partial charge in [0, 0.05) is 12.1 Å². The van der Waals surface area contributed by atoms with Crippen LogP contribution in [0.2, 0.25) is 0 Å². The molecule has 170 valence electrons. The molecule has 0 radical (unpaired) electrons. The summed E-state index contributed by atoms with van der Waals surface area (Å²) in [6.45, 7) is 0.540. The maximum atomic E-state index is 13.9. The SMILES string of the molecule is COc1ccc(OCC(=O)NCCn2ncc3c(=O)n(Cc4ccccc4F)cnc32)cc1. The summed E-state index contributed by atoms with van der Waals surface area (Å²) < 4.78 is 27.3. The second-order valence-corrected chi connectivity index (χ2v) is 7.19. The lowest BCUT2D eigenvalue weighted by Crippen LogP contribution is -2.31. The monoisotopic (exact) mass is 451 g/mol. The highest BCUT2D eigenvalue weighted by atomic mass is 19.1. The quantitative estimate of drug-likeness (QED) is 0.418. The van der Waals surface area contributed by atoms with Crippen molar-refractivity contribution in [3.8, 4) is 11.5 Å². The number of fused-ring (bicyclic) bond motifs is 1. The van der Waals surface area contributed by atoms with Gasteiger partial charge in [-0.1, -0.05) is 18.2 Å². The van der Waals surface area contributed by atoms with Crippen LogP contribution >= 0.6 is 0 Å². The third-order valence-corrected chi connectivity index (χ3v) is 5.00. The number of hydrogen-bond donors (Lipinski definition) is 1. The number of benzene rings is 2. The van der Waals surface area contributed by atoms with Crippen LogP contribution in [0.3, 0.4) is 0 Å². The van der Waals surface area contributed by atoms with Gasteiger partial charge in [-0.05, 0) is 30.3 Å². The summed E-state index contributed by atoms with van der Waals surface area (Å²) >= 11 is 0. The Labute approximate surface area is 188 Å². The van der Waals surface area contributed by atoms with E-state index < -0.39 is 0 Å². The van der Waals surface area contributed by atoms with Crippen LogP contribution in [0.25, 0.3) is 11.0 Å². The summed E-state index contributed by atoms with van der Waals surface area (Å²) in [5.41, 5.74) is 0.479. The number of amides is 1. The topological polar surface area (TPSA) is 100 Å². The molecule has 33 heavy (non-hydrogen) atoms. The number of hydrogen-bond acceptors (Lipinski definition) is 6. The van der Waals surface area contributed by atoms with Crippen LogP contribution in [-0.4, -0.2) is 45.5 Å². The fourth-order valence-electron chi connectivity index (χ4n) is 3.26. The van der Waals surface area contributed by atoms with Crippen molar-refractivity contribution < 1.29 is 18.7 Å². The zero-order valence-electron chi connectivity index (χ0n) is 17.9. The molecular formula is C23H22FN5O4. The van der Waals surface area contributed by atoms with Crippen molar-refractivity contribution >= 4 is 16.9 Å². The number of rotatable bonds is 9. The van der Waals surface area contributed by atoms with Gasteiger partial charge in [-0.25, -0.2) is 14.1 Å². The fourth-order valence-corrected chi connectivity index (χ4v) is 3.26. The molecule has 2 aromatic carbocycles. The van der Waals surface area contributed by atoms with Crippen molar-refractivity contribution in [1.29, 1.82) is 0 Å². The first kappa shape index (κ1) is 22.0. The summed E-state index contributed by atoms with van der Waals surface area (Å²) in [5, 5.41) is 7.26. The van der Waals surface area contributed by atoms with Gasteiger partial charge in [0.2, 0.25) is 0 Å². The zero-order chi connectivity index (χ0) is 23.2. The number of aromatic nitrogens is 4. The molecule has 0 unspecified atom stereocenters. The Balaban J connectivity index is 1.33. The molecule has 0 aliphatic carbocycles. The maximum Gasteiger partial charge on any atom is 0.264 e. The van der Waals surface area contributed by atoms with Crippen LogP contribution in [0.5, 0.6) is 11.5 Å². The molecule has 0 atom stereocenters. The normalized spacial score (nSPS) is 10.8. The van der Waals surface area contributed by atoms with E-state index in [1.807, 2.05) is 0 Å². The van der Waals surface area contributed by atoms with Gasteiger partial charge < -0.3 is 14.8 Å². The molecule has 4 rings (SSSR count). The average Bonchev–Trinajstić information content (AvgIpc) is 3.25. The standard InChI is InChI=1S/C23H22FN5O4/c1-32-17-6-8-18(9-7-17)33-14-21(30)25-10-11-29-22-19(12-27-29)23(31)28(15-26-22)13-16-4-2-3-5-20(16)24/h2-9,12,15H,10-11,13-14H2,1H3,(H,25,30). The third-order valence-electron chi connectivity index (χ3n) is 5.00. The Morgan fingerprint density at radius 2 is 1.88 bits per heavy atom. The van der Waals surface area contributed by atoms with Gasteiger partial charge in [-0.3, -0.25) is 14.2 Å². The largest absolute Gasteiger partial charge is 0.497 e. The molecule has 1 N–H and O–H groups in total. The van der Waals surface area contributed by atoms with E-state index in [4.69, 9.17) is 9.47 Å². The van der Waals surface area contributed by atoms with Crippen LogP contribution in [0.4, 0.5) is 4.39 Å². The van der Waals surface area contributed by atoms with E-state index in [9.17, 15) is 14.0 Å². The van der Waals surface area contributed by atoms with E-state index >= 15 is 0 Å². The molecule has 0 aliphatic rings. The molecule has 2 heterocycles. The number of nitrogens with one attached hydrogen (secondary N) is 1. The number of carbonyl (C=O) groups excluding carboxylic acids is 1. The Kier molecular flexibility index (Phi) is 6.63. The lowest BCUT2D eigenvalue weighted by Gasteiger charge is -2.09. The Morgan fingerprint density at radius 1 is 1.12 bits per heavy atom. The minimum Gasteiger partial charge on any atom is -0.497 e. The molecule has 0 saturated carbocycles. The molecule has 0 spiro atoms. The summed E-state index contributed by atoms with van der Waals surface area (Å²) in [4.78, 5) is 29.1. The number of nitrogens with zero attached hydrogens (tertiary/aromatic N) is 4. The highest BCUT2D eigenvalue weighted by Gasteiger charge is 2.12. The van der Waals surface area contributed by atoms with E-state index in [2.05, 4.69) is 15.4 Å². The van der Waals surface area contributed by atoms with E-state index in [0.717, 1.165) is 0 Å². The van der Waals surface area contributed by atoms with Crippen molar-refractivity contribution in [3.05, 3.63) is 82.8 Å². The van der Waals surface area contributed by atoms with Gasteiger partial charge in [0.1, 0.15) is 29.0 Å². The lowest BCUT2D eigenvalue weighted by atomic mass is 10.2. The predicted molar refractivity (Wildman–Crippen MR) is 119 cm³/mol. The van der Waals surface area contributed by atoms with Gasteiger partial charge in [0.15, 0.2) is 12.3 Å². The molecule has 1 amide bonds. The molecule has 0 bridgehead atoms. The minimum atomic E-state index is -0.382. The highest BCUT2D eigenvalue weighted by molar-refractivity contribution is 5.77. The zero-order valence-corrected chi connectivity index (χ0v) is 17.9. The first-order chi connectivity index (χ1) is 16.0. The van der Waals surface area contributed by atoms with Crippen molar-refractivity contribution in [1.82, 2.24) is 24.6 Å². The van der Waals surface area contributed by atoms with Gasteiger partial charge in [-0.15, -0.1) is 0 Å². The summed E-state index contributed by atoms with van der Waals surface area (Å²) in [7, 11) is 1.57. The van der Waals surface area contributed by atoms with E-state index in [1.54, 1.807) is 49.6 Å². The van der Waals surface area contributed by atoms with Crippen LogP contribution in [0.1, 0.15) is 5.56 Å². The second kappa shape index (κ2) is 9.94. The predicted octanol–water partition coefficient (Wildman–Crippen LogP) is 1.98. The third kappa shape index (κ3) is 5.17. The van der Waals surface area contributed by atoms with Crippen LogP contribution < -0.4 is 20.3 Å². The number of methoxy groups -OCH3 is 1. The molecule has 0 fully saturated rings. The number of halogens is 1. The minimum absolute atomic E-state index is 0.0733. The Morgan fingerprint density at radius 3 is 2.64 bits per heavy atom. The fraction of sp³-hybridized carbons (Fsp3) is 0.217. The molecule has 0 saturated heterocycles. The summed E-state index contributed by atoms with van der Waals surface area (Å²) in [5.74, 6) is 0.583. The summed E-state index contributed by atoms with van der Waals surface area (Å²) in [6, 6.07) is 13.2. The molecule has 2 aromatic heterocycles. The maximum absolute atomic E-state index is 13.9. The van der Waals surface area contributed by atoms with Crippen molar-refractivity contribution in [2.45, 2.75) is 13.1 Å². The van der Waals surface area contributed by atoms with E-state index in [-0.39, 0.29) is 37.0 Å². The lowest BCUT2D eigenvalue weighted by molar-refractivity contribution is -0.123. The smallest absolute Gasteiger partial charge is 0.264 e. The van der Waals surface area contributed by atoms with Crippen molar-refractivity contribution in [2.75, 3.05) is 20.3 Å². The van der Waals surface area contributed by atoms with Crippen LogP contribution in [-0.2, 0) is 17.9 Å². The Bertz CT molecular complexity index is 1320. The molecule has 4 aromatic rings. The molecule has 9 nitrogen and oxygen atoms in total. The first-order valence-electron chi connectivity index (χ1n) is 10.2. The first-order valence-corrected chi connectivity index (χ1v) is 10.2. The Hall–Kier alpha value is -4.21. The van der Waals surface area contributed by atoms with Crippen LogP contribution in [0, 0.1) is 5.82 Å². The average molecular weight is 451 g/mol. The van der Waals surface area contributed by atoms with Gasteiger partial charge in [0.25, 0.3) is 11.5 Å². The summed E-state index contributed by atoms with van der Waals surface area (Å²) in [6.07, 6.45) is 2.80.